The van der Waals surface area contributed by atoms with Crippen LogP contribution in [0.2, 0.25) is 0 Å². The van der Waals surface area contributed by atoms with Crippen molar-refractivity contribution < 1.29 is 9.31 Å². The van der Waals surface area contributed by atoms with E-state index >= 15 is 0 Å². The lowest BCUT2D eigenvalue weighted by atomic mass is 9.79. The largest absolute Gasteiger partial charge is 0.494 e. The zero-order valence-corrected chi connectivity index (χ0v) is 17.5. The summed E-state index contributed by atoms with van der Waals surface area (Å²) in [6.07, 6.45) is 1.23. The highest BCUT2D eigenvalue weighted by Crippen LogP contribution is 2.37. The van der Waals surface area contributed by atoms with Gasteiger partial charge in [0.05, 0.1) is 26.4 Å². The third-order valence-corrected chi connectivity index (χ3v) is 7.34. The molecule has 2 unspecified atom stereocenters. The summed E-state index contributed by atoms with van der Waals surface area (Å²) in [5.41, 5.74) is 1.49. The number of thiazole rings is 1. The summed E-state index contributed by atoms with van der Waals surface area (Å²) in [4.78, 5) is 7.42. The maximum Gasteiger partial charge on any atom is 0.494 e. The van der Waals surface area contributed by atoms with Crippen molar-refractivity contribution in [1.29, 1.82) is 0 Å². The average molecular weight is 372 g/mol. The van der Waals surface area contributed by atoms with Crippen molar-refractivity contribution in [1.82, 2.24) is 9.88 Å². The van der Waals surface area contributed by atoms with E-state index in [1.54, 1.807) is 0 Å². The van der Waals surface area contributed by atoms with Crippen LogP contribution in [0.1, 0.15) is 52.0 Å². The molecule has 0 N–H and O–H groups in total. The highest BCUT2D eigenvalue weighted by Gasteiger charge is 2.51. The average Bonchev–Trinajstić information content (AvgIpc) is 3.04. The molecule has 3 heterocycles. The van der Waals surface area contributed by atoms with Gasteiger partial charge in [0, 0.05) is 19.0 Å². The van der Waals surface area contributed by atoms with Crippen molar-refractivity contribution in [3.05, 3.63) is 23.2 Å². The molecule has 1 aromatic carbocycles. The van der Waals surface area contributed by atoms with Gasteiger partial charge in [-0.1, -0.05) is 13.0 Å². The second kappa shape index (κ2) is 6.30. The van der Waals surface area contributed by atoms with E-state index in [-0.39, 0.29) is 18.3 Å². The van der Waals surface area contributed by atoms with Crippen molar-refractivity contribution in [2.45, 2.75) is 58.2 Å². The predicted molar refractivity (Wildman–Crippen MR) is 109 cm³/mol. The number of nitrogens with zero attached hydrogens (tertiary/aromatic N) is 2. The van der Waals surface area contributed by atoms with Gasteiger partial charge < -0.3 is 14.2 Å². The summed E-state index contributed by atoms with van der Waals surface area (Å²) in [7, 11) is 1.89. The van der Waals surface area contributed by atoms with Crippen molar-refractivity contribution in [3.63, 3.8) is 0 Å². The first-order valence-corrected chi connectivity index (χ1v) is 10.4. The predicted octanol–water partition coefficient (Wildman–Crippen LogP) is 3.65. The molecule has 2 atom stereocenters. The lowest BCUT2D eigenvalue weighted by Crippen LogP contribution is -2.41. The highest BCUT2D eigenvalue weighted by molar-refractivity contribution is 7.18. The van der Waals surface area contributed by atoms with Crippen LogP contribution in [0.4, 0.5) is 0 Å². The Morgan fingerprint density at radius 1 is 1.15 bits per heavy atom. The topological polar surface area (TPSA) is 34.6 Å². The van der Waals surface area contributed by atoms with Crippen molar-refractivity contribution in [3.8, 4) is 0 Å². The maximum absolute atomic E-state index is 6.20. The second-order valence-electron chi connectivity index (χ2n) is 9.13. The summed E-state index contributed by atoms with van der Waals surface area (Å²) in [6.45, 7) is 13.0. The number of likely N-dealkylation sites (N-methyl/N-ethyl adjacent to an activating group) is 1. The molecule has 0 amide bonds. The SMILES string of the molecule is CC1CC(c2nc3cc(B4OC(C)(C)C(C)(C)O4)ccc3s2)CN(C)C1. The highest BCUT2D eigenvalue weighted by atomic mass is 32.1. The Kier molecular flexibility index (Phi) is 4.46. The third-order valence-electron chi connectivity index (χ3n) is 6.15. The minimum atomic E-state index is -0.324. The van der Waals surface area contributed by atoms with Crippen LogP contribution in [0, 0.1) is 5.92 Å². The summed E-state index contributed by atoms with van der Waals surface area (Å²) in [6, 6.07) is 6.45. The van der Waals surface area contributed by atoms with Crippen LogP contribution in [0.25, 0.3) is 10.2 Å². The van der Waals surface area contributed by atoms with Gasteiger partial charge in [-0.3, -0.25) is 0 Å². The van der Waals surface area contributed by atoms with Crippen LogP contribution in [-0.4, -0.2) is 48.3 Å². The van der Waals surface area contributed by atoms with E-state index in [1.165, 1.54) is 22.7 Å². The number of hydrogen-bond acceptors (Lipinski definition) is 5. The lowest BCUT2D eigenvalue weighted by molar-refractivity contribution is 0.00578. The number of benzene rings is 1. The van der Waals surface area contributed by atoms with Crippen molar-refractivity contribution in [2.24, 2.45) is 5.92 Å². The van der Waals surface area contributed by atoms with E-state index in [9.17, 15) is 0 Å². The van der Waals surface area contributed by atoms with Gasteiger partial charge in [-0.15, -0.1) is 11.3 Å². The number of likely N-dealkylation sites (tertiary alicyclic amines) is 1. The quantitative estimate of drug-likeness (QED) is 0.754. The van der Waals surface area contributed by atoms with Gasteiger partial charge in [0.15, 0.2) is 0 Å². The smallest absolute Gasteiger partial charge is 0.399 e. The van der Waals surface area contributed by atoms with Gasteiger partial charge in [0.25, 0.3) is 0 Å². The van der Waals surface area contributed by atoms with Crippen LogP contribution < -0.4 is 5.46 Å². The van der Waals surface area contributed by atoms with E-state index in [1.807, 2.05) is 11.3 Å². The van der Waals surface area contributed by atoms with Crippen LogP contribution in [-0.2, 0) is 9.31 Å². The molecule has 140 valence electrons. The summed E-state index contributed by atoms with van der Waals surface area (Å²) < 4.78 is 13.6. The van der Waals surface area contributed by atoms with E-state index in [2.05, 4.69) is 64.8 Å². The summed E-state index contributed by atoms with van der Waals surface area (Å²) >= 11 is 1.84. The molecule has 4 nitrogen and oxygen atoms in total. The monoisotopic (exact) mass is 372 g/mol. The normalized spacial score (nSPS) is 28.8. The number of fused-ring (bicyclic) bond motifs is 1. The Labute approximate surface area is 161 Å². The number of aromatic nitrogens is 1. The van der Waals surface area contributed by atoms with Crippen LogP contribution in [0.15, 0.2) is 18.2 Å². The molecule has 4 rings (SSSR count). The molecule has 1 aromatic heterocycles. The van der Waals surface area contributed by atoms with Gasteiger partial charge in [-0.2, -0.15) is 0 Å². The van der Waals surface area contributed by atoms with E-state index in [0.717, 1.165) is 23.4 Å². The molecule has 6 heteroatoms. The van der Waals surface area contributed by atoms with Crippen LogP contribution in [0.5, 0.6) is 0 Å². The Morgan fingerprint density at radius 3 is 2.50 bits per heavy atom. The first-order valence-electron chi connectivity index (χ1n) is 9.59. The number of piperidine rings is 1. The van der Waals surface area contributed by atoms with Crippen molar-refractivity contribution in [2.75, 3.05) is 20.1 Å². The van der Waals surface area contributed by atoms with Gasteiger partial charge in [-0.05, 0) is 64.7 Å². The lowest BCUT2D eigenvalue weighted by Gasteiger charge is -2.32. The Balaban J connectivity index is 1.61. The fraction of sp³-hybridized carbons (Fsp3) is 0.650. The second-order valence-corrected chi connectivity index (χ2v) is 10.2. The first-order chi connectivity index (χ1) is 12.1. The molecule has 0 aliphatic carbocycles. The standard InChI is InChI=1S/C20H29BN2O2S/c1-13-9-14(12-23(6)11-13)18-22-16-10-15(7-8-17(16)26-18)21-24-19(2,3)20(4,5)25-21/h7-8,10,13-14H,9,11-12H2,1-6H3. The van der Waals surface area contributed by atoms with Crippen LogP contribution >= 0.6 is 11.3 Å². The fourth-order valence-corrected chi connectivity index (χ4v) is 5.11. The third kappa shape index (κ3) is 3.22. The molecule has 2 aromatic rings. The molecule has 2 aliphatic rings. The molecule has 2 aliphatic heterocycles. The van der Waals surface area contributed by atoms with Gasteiger partial charge >= 0.3 is 7.12 Å². The van der Waals surface area contributed by atoms with E-state index in [0.29, 0.717) is 5.92 Å². The van der Waals surface area contributed by atoms with Crippen molar-refractivity contribution >= 4 is 34.1 Å². The molecule has 0 bridgehead atoms. The summed E-state index contributed by atoms with van der Waals surface area (Å²) in [5, 5.41) is 1.27. The maximum atomic E-state index is 6.20. The molecule has 0 spiro atoms. The minimum Gasteiger partial charge on any atom is -0.399 e. The van der Waals surface area contributed by atoms with Gasteiger partial charge in [0.2, 0.25) is 0 Å². The molecule has 26 heavy (non-hydrogen) atoms. The fourth-order valence-electron chi connectivity index (χ4n) is 4.06. The Morgan fingerprint density at radius 2 is 1.85 bits per heavy atom. The molecular formula is C20H29BN2O2S. The Hall–Kier alpha value is -0.945. The molecule has 0 radical (unpaired) electrons. The van der Waals surface area contributed by atoms with E-state index < -0.39 is 0 Å². The Bertz CT molecular complexity index is 793. The van der Waals surface area contributed by atoms with E-state index in [4.69, 9.17) is 14.3 Å². The number of hydrogen-bond donors (Lipinski definition) is 0. The number of rotatable bonds is 2. The first kappa shape index (κ1) is 18.4. The molecule has 0 saturated carbocycles. The molecule has 2 fully saturated rings. The van der Waals surface area contributed by atoms with Gasteiger partial charge in [-0.25, -0.2) is 4.98 Å². The zero-order valence-electron chi connectivity index (χ0n) is 16.7. The zero-order chi connectivity index (χ0) is 18.7. The van der Waals surface area contributed by atoms with Gasteiger partial charge in [0.1, 0.15) is 0 Å². The minimum absolute atomic E-state index is 0.317. The summed E-state index contributed by atoms with van der Waals surface area (Å²) in [5.74, 6) is 1.27. The molecule has 2 saturated heterocycles. The van der Waals surface area contributed by atoms with Crippen LogP contribution in [0.3, 0.4) is 0 Å². The molecular weight excluding hydrogens is 343 g/mol.